The van der Waals surface area contributed by atoms with Gasteiger partial charge in [-0.2, -0.15) is 0 Å². The Morgan fingerprint density at radius 3 is 2.65 bits per heavy atom. The Labute approximate surface area is 121 Å². The fraction of sp³-hybridized carbons (Fsp3) is 0.529. The second-order valence-corrected chi connectivity index (χ2v) is 5.71. The first kappa shape index (κ1) is 13.7. The maximum absolute atomic E-state index is 6.13. The van der Waals surface area contributed by atoms with Crippen LogP contribution in [0, 0.1) is 0 Å². The van der Waals surface area contributed by atoms with Crippen molar-refractivity contribution in [2.24, 2.45) is 0 Å². The molecule has 2 heterocycles. The molecule has 3 heteroatoms. The Morgan fingerprint density at radius 2 is 1.95 bits per heavy atom. The summed E-state index contributed by atoms with van der Waals surface area (Å²) in [6.07, 6.45) is 6.05. The molecule has 0 spiro atoms. The van der Waals surface area contributed by atoms with Crippen molar-refractivity contribution in [3.63, 3.8) is 0 Å². The van der Waals surface area contributed by atoms with Gasteiger partial charge in [-0.3, -0.25) is 4.90 Å². The van der Waals surface area contributed by atoms with Crippen LogP contribution < -0.4 is 5.32 Å². The fourth-order valence-corrected chi connectivity index (χ4v) is 2.91. The predicted octanol–water partition coefficient (Wildman–Crippen LogP) is 2.54. The minimum absolute atomic E-state index is 0.433. The molecule has 1 fully saturated rings. The molecule has 0 amide bonds. The summed E-state index contributed by atoms with van der Waals surface area (Å²) >= 11 is 0. The van der Waals surface area contributed by atoms with Crippen LogP contribution >= 0.6 is 0 Å². The van der Waals surface area contributed by atoms with Gasteiger partial charge in [0.25, 0.3) is 0 Å². The molecule has 0 bridgehead atoms. The van der Waals surface area contributed by atoms with Crippen LogP contribution in [0.5, 0.6) is 0 Å². The van der Waals surface area contributed by atoms with Gasteiger partial charge in [-0.15, -0.1) is 0 Å². The Kier molecular flexibility index (Phi) is 4.72. The van der Waals surface area contributed by atoms with Crippen LogP contribution in [0.25, 0.3) is 0 Å². The van der Waals surface area contributed by atoms with E-state index in [9.17, 15) is 0 Å². The van der Waals surface area contributed by atoms with E-state index < -0.39 is 0 Å². The van der Waals surface area contributed by atoms with E-state index in [-0.39, 0.29) is 0 Å². The zero-order valence-corrected chi connectivity index (χ0v) is 12.1. The number of benzene rings is 1. The molecule has 3 nitrogen and oxygen atoms in total. The number of hydrogen-bond donors (Lipinski definition) is 1. The van der Waals surface area contributed by atoms with Crippen molar-refractivity contribution in [3.8, 4) is 0 Å². The van der Waals surface area contributed by atoms with Gasteiger partial charge in [0.05, 0.1) is 5.76 Å². The van der Waals surface area contributed by atoms with Gasteiger partial charge in [0, 0.05) is 26.1 Å². The van der Waals surface area contributed by atoms with Crippen molar-refractivity contribution < 1.29 is 4.74 Å². The first-order valence-corrected chi connectivity index (χ1v) is 7.73. The lowest BCUT2D eigenvalue weighted by atomic mass is 10.1. The second kappa shape index (κ2) is 6.91. The highest BCUT2D eigenvalue weighted by Gasteiger charge is 2.18. The Morgan fingerprint density at radius 1 is 1.15 bits per heavy atom. The van der Waals surface area contributed by atoms with Crippen LogP contribution in [0.15, 0.2) is 42.2 Å². The molecule has 1 aromatic rings. The normalized spacial score (nSPS) is 21.5. The van der Waals surface area contributed by atoms with Gasteiger partial charge in [-0.05, 0) is 37.6 Å². The van der Waals surface area contributed by atoms with Gasteiger partial charge in [0.15, 0.2) is 0 Å². The van der Waals surface area contributed by atoms with Crippen molar-refractivity contribution >= 4 is 0 Å². The first-order chi connectivity index (χ1) is 9.90. The molecule has 1 saturated heterocycles. The van der Waals surface area contributed by atoms with Gasteiger partial charge >= 0.3 is 0 Å². The number of nitrogens with one attached hydrogen (secondary N) is 1. The highest BCUT2D eigenvalue weighted by atomic mass is 16.5. The molecule has 0 saturated carbocycles. The molecular formula is C17H24N2O. The summed E-state index contributed by atoms with van der Waals surface area (Å²) in [5.74, 6) is 1.21. The summed E-state index contributed by atoms with van der Waals surface area (Å²) in [5, 5.41) is 3.38. The van der Waals surface area contributed by atoms with E-state index in [1.165, 1.54) is 11.3 Å². The molecule has 0 aromatic heterocycles. The van der Waals surface area contributed by atoms with E-state index in [2.05, 4.69) is 46.6 Å². The molecule has 0 radical (unpaired) electrons. The molecular weight excluding hydrogens is 248 g/mol. The van der Waals surface area contributed by atoms with Crippen molar-refractivity contribution in [2.75, 3.05) is 26.2 Å². The Balaban J connectivity index is 1.47. The molecule has 20 heavy (non-hydrogen) atoms. The average Bonchev–Trinajstić information content (AvgIpc) is 2.51. The van der Waals surface area contributed by atoms with Gasteiger partial charge in [0.1, 0.15) is 6.10 Å². The van der Waals surface area contributed by atoms with Crippen LogP contribution in [-0.4, -0.2) is 37.2 Å². The van der Waals surface area contributed by atoms with Gasteiger partial charge in [0.2, 0.25) is 0 Å². The van der Waals surface area contributed by atoms with Crippen LogP contribution in [0.4, 0.5) is 0 Å². The third kappa shape index (κ3) is 3.84. The molecule has 1 aromatic carbocycles. The number of nitrogens with zero attached hydrogens (tertiary/aromatic N) is 1. The number of ether oxygens (including phenoxy) is 1. The fourth-order valence-electron chi connectivity index (χ4n) is 2.91. The average molecular weight is 272 g/mol. The topological polar surface area (TPSA) is 24.5 Å². The first-order valence-electron chi connectivity index (χ1n) is 7.73. The molecule has 1 N–H and O–H groups in total. The van der Waals surface area contributed by atoms with Gasteiger partial charge in [-0.25, -0.2) is 0 Å². The van der Waals surface area contributed by atoms with Gasteiger partial charge < -0.3 is 10.1 Å². The van der Waals surface area contributed by atoms with E-state index in [4.69, 9.17) is 4.74 Å². The maximum atomic E-state index is 6.13. The number of rotatable bonds is 4. The highest BCUT2D eigenvalue weighted by Crippen LogP contribution is 2.19. The van der Waals surface area contributed by atoms with Crippen molar-refractivity contribution in [3.05, 3.63) is 47.7 Å². The van der Waals surface area contributed by atoms with Crippen LogP contribution in [0.3, 0.4) is 0 Å². The molecule has 2 aliphatic heterocycles. The standard InChI is InChI=1S/C17H24N2O/c1-2-4-15(5-3-1)14-19-12-8-17(9-13-19)20-16-6-10-18-11-7-16/h1-5,8,16,18H,6-7,9-14H2. The van der Waals surface area contributed by atoms with E-state index in [1.807, 2.05) is 0 Å². The third-order valence-electron chi connectivity index (χ3n) is 4.10. The van der Waals surface area contributed by atoms with Crippen LogP contribution in [0.1, 0.15) is 24.8 Å². The lowest BCUT2D eigenvalue weighted by Crippen LogP contribution is -2.34. The smallest absolute Gasteiger partial charge is 0.101 e. The summed E-state index contributed by atoms with van der Waals surface area (Å²) in [5.41, 5.74) is 1.39. The zero-order chi connectivity index (χ0) is 13.6. The Hall–Kier alpha value is -1.32. The zero-order valence-electron chi connectivity index (χ0n) is 12.1. The SMILES string of the molecule is C1=C(OC2CCNCC2)CCN(Cc2ccccc2)C1. The van der Waals surface area contributed by atoms with Crippen molar-refractivity contribution in [1.29, 1.82) is 0 Å². The minimum Gasteiger partial charge on any atom is -0.495 e. The summed E-state index contributed by atoms with van der Waals surface area (Å²) in [4.78, 5) is 2.48. The molecule has 0 aliphatic carbocycles. The van der Waals surface area contributed by atoms with Crippen molar-refractivity contribution in [1.82, 2.24) is 10.2 Å². The summed E-state index contributed by atoms with van der Waals surface area (Å²) in [6, 6.07) is 10.7. The van der Waals surface area contributed by atoms with Gasteiger partial charge in [-0.1, -0.05) is 30.3 Å². The maximum Gasteiger partial charge on any atom is 0.101 e. The number of hydrogen-bond acceptors (Lipinski definition) is 3. The monoisotopic (exact) mass is 272 g/mol. The molecule has 2 aliphatic rings. The molecule has 3 rings (SSSR count). The minimum atomic E-state index is 0.433. The van der Waals surface area contributed by atoms with E-state index in [0.29, 0.717) is 6.10 Å². The number of piperidine rings is 1. The lowest BCUT2D eigenvalue weighted by Gasteiger charge is -2.30. The molecule has 0 unspecified atom stereocenters. The third-order valence-corrected chi connectivity index (χ3v) is 4.10. The van der Waals surface area contributed by atoms with E-state index in [1.54, 1.807) is 0 Å². The highest BCUT2D eigenvalue weighted by molar-refractivity contribution is 5.15. The largest absolute Gasteiger partial charge is 0.495 e. The summed E-state index contributed by atoms with van der Waals surface area (Å²) < 4.78 is 6.13. The summed E-state index contributed by atoms with van der Waals surface area (Å²) in [7, 11) is 0. The second-order valence-electron chi connectivity index (χ2n) is 5.71. The van der Waals surface area contributed by atoms with Crippen molar-refractivity contribution in [2.45, 2.75) is 31.9 Å². The molecule has 108 valence electrons. The molecule has 0 atom stereocenters. The lowest BCUT2D eigenvalue weighted by molar-refractivity contribution is 0.0726. The van der Waals surface area contributed by atoms with E-state index in [0.717, 1.165) is 52.0 Å². The van der Waals surface area contributed by atoms with Crippen LogP contribution in [0.2, 0.25) is 0 Å². The Bertz CT molecular complexity index is 438. The summed E-state index contributed by atoms with van der Waals surface area (Å²) in [6.45, 7) is 5.34. The quantitative estimate of drug-likeness (QED) is 0.911. The predicted molar refractivity (Wildman–Crippen MR) is 81.4 cm³/mol. The van der Waals surface area contributed by atoms with Crippen LogP contribution in [-0.2, 0) is 11.3 Å². The van der Waals surface area contributed by atoms with E-state index >= 15 is 0 Å².